The van der Waals surface area contributed by atoms with Gasteiger partial charge in [-0.15, -0.1) is 0 Å². The molecular formula is C22H16Cl2N2O4S. The fourth-order valence-corrected chi connectivity index (χ4v) is 4.85. The Hall–Kier alpha value is -2.74. The lowest BCUT2D eigenvalue weighted by Gasteiger charge is -2.11. The molecule has 1 aliphatic heterocycles. The largest absolute Gasteiger partial charge is 0.480 e. The average molecular weight is 475 g/mol. The lowest BCUT2D eigenvalue weighted by Crippen LogP contribution is -2.33. The molecule has 0 bridgehead atoms. The quantitative estimate of drug-likeness (QED) is 0.498. The van der Waals surface area contributed by atoms with Gasteiger partial charge in [-0.3, -0.25) is 19.3 Å². The molecule has 6 nitrogen and oxygen atoms in total. The zero-order valence-corrected chi connectivity index (χ0v) is 18.6. The number of para-hydroxylation sites is 1. The molecule has 2 heterocycles. The van der Waals surface area contributed by atoms with Crippen molar-refractivity contribution in [2.75, 3.05) is 6.54 Å². The number of carboxylic acids is 1. The first-order chi connectivity index (χ1) is 14.8. The van der Waals surface area contributed by atoms with E-state index in [4.69, 9.17) is 28.3 Å². The fraction of sp³-hybridized carbons (Fsp3) is 0.136. The van der Waals surface area contributed by atoms with E-state index in [1.54, 1.807) is 18.2 Å². The van der Waals surface area contributed by atoms with Crippen LogP contribution in [0.3, 0.4) is 0 Å². The summed E-state index contributed by atoms with van der Waals surface area (Å²) in [5.74, 6) is -1.84. The van der Waals surface area contributed by atoms with Crippen molar-refractivity contribution in [2.24, 2.45) is 0 Å². The molecule has 0 saturated carbocycles. The third-order valence-electron chi connectivity index (χ3n) is 5.07. The highest BCUT2D eigenvalue weighted by Gasteiger charge is 2.36. The number of amides is 2. The number of carbonyl (C=O) groups excluding carboxylic acids is 2. The third-order valence-corrected chi connectivity index (χ3v) is 6.56. The predicted molar refractivity (Wildman–Crippen MR) is 123 cm³/mol. The number of fused-ring (bicyclic) bond motifs is 1. The fourth-order valence-electron chi connectivity index (χ4n) is 3.57. The van der Waals surface area contributed by atoms with Gasteiger partial charge in [0.25, 0.3) is 11.1 Å². The lowest BCUT2D eigenvalue weighted by atomic mass is 10.1. The molecule has 1 aliphatic rings. The summed E-state index contributed by atoms with van der Waals surface area (Å²) in [5.41, 5.74) is 3.52. The molecule has 0 unspecified atom stereocenters. The van der Waals surface area contributed by atoms with Gasteiger partial charge in [0.15, 0.2) is 0 Å². The average Bonchev–Trinajstić information content (AvgIpc) is 3.13. The zero-order chi connectivity index (χ0) is 22.3. The second kappa shape index (κ2) is 8.42. The highest BCUT2D eigenvalue weighted by atomic mass is 35.5. The molecule has 1 N–H and O–H groups in total. The van der Waals surface area contributed by atoms with Gasteiger partial charge in [-0.05, 0) is 48.5 Å². The third kappa shape index (κ3) is 4.08. The minimum Gasteiger partial charge on any atom is -0.480 e. The van der Waals surface area contributed by atoms with Crippen molar-refractivity contribution < 1.29 is 19.5 Å². The number of thioether (sulfide) groups is 1. The van der Waals surface area contributed by atoms with E-state index in [1.807, 2.05) is 37.3 Å². The second-order valence-corrected chi connectivity index (χ2v) is 8.84. The number of nitrogens with zero attached hydrogens (tertiary/aromatic N) is 2. The Bertz CT molecular complexity index is 1280. The van der Waals surface area contributed by atoms with Gasteiger partial charge in [-0.2, -0.15) is 0 Å². The molecule has 9 heteroatoms. The Kier molecular flexibility index (Phi) is 5.83. The summed E-state index contributed by atoms with van der Waals surface area (Å²) in [6, 6.07) is 13.1. The van der Waals surface area contributed by atoms with Gasteiger partial charge in [0.1, 0.15) is 6.54 Å². The first-order valence-corrected chi connectivity index (χ1v) is 10.8. The molecule has 4 rings (SSSR count). The molecule has 2 amide bonds. The Balaban J connectivity index is 1.79. The Morgan fingerprint density at radius 3 is 2.61 bits per heavy atom. The van der Waals surface area contributed by atoms with Crippen molar-refractivity contribution in [3.63, 3.8) is 0 Å². The first-order valence-electron chi connectivity index (χ1n) is 9.25. The normalized spacial score (nSPS) is 15.5. The minimum absolute atomic E-state index is 0.196. The second-order valence-electron chi connectivity index (χ2n) is 7.00. The zero-order valence-electron chi connectivity index (χ0n) is 16.3. The topological polar surface area (TPSA) is 79.6 Å². The summed E-state index contributed by atoms with van der Waals surface area (Å²) in [5, 5.41) is 10.4. The van der Waals surface area contributed by atoms with Gasteiger partial charge >= 0.3 is 5.97 Å². The number of hydrogen-bond donors (Lipinski definition) is 1. The van der Waals surface area contributed by atoms with Crippen LogP contribution >= 0.6 is 35.0 Å². The van der Waals surface area contributed by atoms with E-state index in [-0.39, 0.29) is 4.91 Å². The number of carboxylic acid groups (broad SMARTS) is 1. The van der Waals surface area contributed by atoms with Crippen LogP contribution in [0.2, 0.25) is 10.0 Å². The highest BCUT2D eigenvalue weighted by Crippen LogP contribution is 2.36. The molecule has 0 spiro atoms. The molecule has 0 atom stereocenters. The number of rotatable bonds is 5. The number of carbonyl (C=O) groups is 3. The molecule has 1 saturated heterocycles. The van der Waals surface area contributed by atoms with Crippen molar-refractivity contribution >= 4 is 69.1 Å². The Morgan fingerprint density at radius 1 is 1.16 bits per heavy atom. The number of aliphatic carboxylic acids is 1. The molecule has 0 aliphatic carbocycles. The number of imide groups is 1. The maximum absolute atomic E-state index is 12.6. The summed E-state index contributed by atoms with van der Waals surface area (Å²) in [6.07, 6.45) is 1.66. The van der Waals surface area contributed by atoms with E-state index in [0.717, 1.165) is 44.4 Å². The van der Waals surface area contributed by atoms with Crippen LogP contribution in [-0.4, -0.2) is 38.2 Å². The van der Waals surface area contributed by atoms with E-state index >= 15 is 0 Å². The predicted octanol–water partition coefficient (Wildman–Crippen LogP) is 5.43. The monoisotopic (exact) mass is 474 g/mol. The summed E-state index contributed by atoms with van der Waals surface area (Å²) in [7, 11) is 0. The van der Waals surface area contributed by atoms with Crippen molar-refractivity contribution in [1.29, 1.82) is 0 Å². The van der Waals surface area contributed by atoms with Gasteiger partial charge in [0.2, 0.25) is 0 Å². The number of benzene rings is 2. The van der Waals surface area contributed by atoms with Crippen LogP contribution in [0.25, 0.3) is 17.0 Å². The minimum atomic E-state index is -1.24. The van der Waals surface area contributed by atoms with E-state index in [0.29, 0.717) is 16.6 Å². The van der Waals surface area contributed by atoms with Crippen molar-refractivity contribution in [2.45, 2.75) is 13.5 Å². The molecular weight excluding hydrogens is 459 g/mol. The SMILES string of the molecule is Cc1c(/C=C2/SC(=O)N(CC(=O)O)C2=O)c2ccccc2n1Cc1ccc(Cl)cc1Cl. The van der Waals surface area contributed by atoms with Crippen molar-refractivity contribution in [1.82, 2.24) is 9.47 Å². The summed E-state index contributed by atoms with van der Waals surface area (Å²) in [6.45, 7) is 1.77. The standard InChI is InChI=1S/C22H16Cl2N2O4S/c1-12-16(9-19-21(29)26(11-20(27)28)22(30)31-19)15-4-2-3-5-18(15)25(12)10-13-6-7-14(23)8-17(13)24/h2-9H,10-11H2,1H3,(H,27,28)/b19-9+. The molecule has 31 heavy (non-hydrogen) atoms. The number of hydrogen-bond acceptors (Lipinski definition) is 4. The van der Waals surface area contributed by atoms with Crippen LogP contribution < -0.4 is 0 Å². The molecule has 1 aromatic heterocycles. The maximum Gasteiger partial charge on any atom is 0.323 e. The molecule has 0 radical (unpaired) electrons. The lowest BCUT2D eigenvalue weighted by molar-refractivity contribution is -0.140. The molecule has 158 valence electrons. The van der Waals surface area contributed by atoms with Crippen LogP contribution in [0.1, 0.15) is 16.8 Å². The Morgan fingerprint density at radius 2 is 1.90 bits per heavy atom. The number of halogens is 2. The summed E-state index contributed by atoms with van der Waals surface area (Å²) < 4.78 is 2.08. The van der Waals surface area contributed by atoms with Gasteiger partial charge in [-0.25, -0.2) is 0 Å². The van der Waals surface area contributed by atoms with Gasteiger partial charge in [-0.1, -0.05) is 47.5 Å². The molecule has 3 aromatic rings. The summed E-state index contributed by atoms with van der Waals surface area (Å²) in [4.78, 5) is 36.6. The number of aromatic nitrogens is 1. The Labute approximate surface area is 192 Å². The smallest absolute Gasteiger partial charge is 0.323 e. The van der Waals surface area contributed by atoms with Crippen LogP contribution in [0.4, 0.5) is 4.79 Å². The summed E-state index contributed by atoms with van der Waals surface area (Å²) >= 11 is 13.1. The van der Waals surface area contributed by atoms with E-state index < -0.39 is 23.7 Å². The maximum atomic E-state index is 12.6. The molecule has 2 aromatic carbocycles. The van der Waals surface area contributed by atoms with E-state index in [2.05, 4.69) is 4.57 Å². The van der Waals surface area contributed by atoms with E-state index in [1.165, 1.54) is 0 Å². The van der Waals surface area contributed by atoms with Crippen LogP contribution in [0.15, 0.2) is 47.4 Å². The van der Waals surface area contributed by atoms with Crippen molar-refractivity contribution in [3.05, 3.63) is 74.2 Å². The van der Waals surface area contributed by atoms with Crippen LogP contribution in [0.5, 0.6) is 0 Å². The van der Waals surface area contributed by atoms with Crippen molar-refractivity contribution in [3.8, 4) is 0 Å². The van der Waals surface area contributed by atoms with Gasteiger partial charge < -0.3 is 9.67 Å². The van der Waals surface area contributed by atoms with Gasteiger partial charge in [0.05, 0.1) is 4.91 Å². The van der Waals surface area contributed by atoms with Crippen LogP contribution in [0, 0.1) is 6.92 Å². The highest BCUT2D eigenvalue weighted by molar-refractivity contribution is 8.18. The molecule has 1 fully saturated rings. The van der Waals surface area contributed by atoms with Gasteiger partial charge in [0, 0.05) is 38.8 Å². The van der Waals surface area contributed by atoms with E-state index in [9.17, 15) is 14.4 Å². The van der Waals surface area contributed by atoms with Crippen LogP contribution in [-0.2, 0) is 16.1 Å². The first kappa shape index (κ1) is 21.5.